The summed E-state index contributed by atoms with van der Waals surface area (Å²) in [4.78, 5) is 14.8. The molecule has 8 aromatic rings. The molecule has 0 unspecified atom stereocenters. The summed E-state index contributed by atoms with van der Waals surface area (Å²) in [5.41, 5.74) is 8.20. The van der Waals surface area contributed by atoms with Gasteiger partial charge in [0.1, 0.15) is 0 Å². The van der Waals surface area contributed by atoms with Crippen molar-refractivity contribution in [3.63, 3.8) is 0 Å². The van der Waals surface area contributed by atoms with Crippen molar-refractivity contribution in [2.24, 2.45) is 0 Å². The molecule has 0 radical (unpaired) electrons. The van der Waals surface area contributed by atoms with Gasteiger partial charge in [-0.25, -0.2) is 15.0 Å². The highest BCUT2D eigenvalue weighted by Gasteiger charge is 2.30. The molecule has 49 heavy (non-hydrogen) atoms. The normalized spacial score (nSPS) is 11.8. The van der Waals surface area contributed by atoms with Gasteiger partial charge in [-0.1, -0.05) is 109 Å². The van der Waals surface area contributed by atoms with Crippen LogP contribution in [0.4, 0.5) is 13.2 Å². The van der Waals surface area contributed by atoms with E-state index in [1.165, 1.54) is 12.1 Å². The van der Waals surface area contributed by atoms with Crippen molar-refractivity contribution in [3.05, 3.63) is 156 Å². The molecule has 0 fully saturated rings. The van der Waals surface area contributed by atoms with Crippen molar-refractivity contribution in [1.82, 2.24) is 19.5 Å². The lowest BCUT2D eigenvalue weighted by molar-refractivity contribution is -0.137. The van der Waals surface area contributed by atoms with Crippen LogP contribution < -0.4 is 0 Å². The molecule has 0 saturated heterocycles. The van der Waals surface area contributed by atoms with Crippen LogP contribution >= 0.6 is 0 Å². The van der Waals surface area contributed by atoms with E-state index in [1.54, 1.807) is 0 Å². The van der Waals surface area contributed by atoms with E-state index >= 15 is 0 Å². The lowest BCUT2D eigenvalue weighted by Crippen LogP contribution is -2.04. The molecule has 0 aliphatic carbocycles. The Hall–Kier alpha value is -6.08. The summed E-state index contributed by atoms with van der Waals surface area (Å²) in [6.07, 6.45) is -4.43. The Bertz CT molecular complexity index is 2370. The van der Waals surface area contributed by atoms with Gasteiger partial charge in [-0.2, -0.15) is 13.2 Å². The molecule has 0 aliphatic rings. The summed E-state index contributed by atoms with van der Waals surface area (Å²) in [6, 6.07) is 43.6. The number of fused-ring (bicyclic) bond motifs is 3. The summed E-state index contributed by atoms with van der Waals surface area (Å²) < 4.78 is 42.9. The summed E-state index contributed by atoms with van der Waals surface area (Å²) in [7, 11) is 0. The van der Waals surface area contributed by atoms with Crippen LogP contribution in [0.1, 0.15) is 16.7 Å². The second kappa shape index (κ2) is 11.9. The third-order valence-corrected chi connectivity index (χ3v) is 8.80. The van der Waals surface area contributed by atoms with Crippen LogP contribution in [0.5, 0.6) is 0 Å². The Morgan fingerprint density at radius 1 is 0.469 bits per heavy atom. The highest BCUT2D eigenvalue weighted by Crippen LogP contribution is 2.40. The average molecular weight is 647 g/mol. The van der Waals surface area contributed by atoms with E-state index in [0.29, 0.717) is 23.0 Å². The van der Waals surface area contributed by atoms with Crippen LogP contribution in [0.15, 0.2) is 140 Å². The summed E-state index contributed by atoms with van der Waals surface area (Å²) in [5.74, 6) is 1.57. The van der Waals surface area contributed by atoms with Gasteiger partial charge in [0.05, 0.1) is 22.3 Å². The van der Waals surface area contributed by atoms with Crippen LogP contribution in [0.25, 0.3) is 72.8 Å². The third-order valence-electron chi connectivity index (χ3n) is 8.80. The Morgan fingerprint density at radius 2 is 0.939 bits per heavy atom. The average Bonchev–Trinajstić information content (AvgIpc) is 3.43. The maximum atomic E-state index is 13.6. The van der Waals surface area contributed by atoms with Gasteiger partial charge < -0.3 is 4.57 Å². The number of aryl methyl sites for hydroxylation is 2. The first-order valence-electron chi connectivity index (χ1n) is 15.9. The topological polar surface area (TPSA) is 43.6 Å². The van der Waals surface area contributed by atoms with Gasteiger partial charge in [0, 0.05) is 33.0 Å². The molecule has 2 aromatic heterocycles. The van der Waals surface area contributed by atoms with Gasteiger partial charge >= 0.3 is 6.18 Å². The molecular weight excluding hydrogens is 617 g/mol. The van der Waals surface area contributed by atoms with E-state index in [2.05, 4.69) is 54.8 Å². The number of hydrogen-bond acceptors (Lipinski definition) is 3. The molecule has 6 aromatic carbocycles. The maximum Gasteiger partial charge on any atom is 0.416 e. The fourth-order valence-corrected chi connectivity index (χ4v) is 6.37. The minimum absolute atomic E-state index is 0.487. The van der Waals surface area contributed by atoms with E-state index in [1.807, 2.05) is 78.9 Å². The SMILES string of the molecule is Cc1ccc2c3ccc(C)cc3n(-c3cc(-c4nc(-c5ccccc5)nc(-c5ccccc5)n4)ccc3-c3ccc(C(F)(F)F)cc3)c2c1. The molecule has 0 amide bonds. The van der Waals surface area contributed by atoms with Crippen molar-refractivity contribution in [1.29, 1.82) is 0 Å². The second-order valence-corrected chi connectivity index (χ2v) is 12.2. The number of nitrogens with zero attached hydrogens (tertiary/aromatic N) is 4. The highest BCUT2D eigenvalue weighted by molar-refractivity contribution is 6.10. The van der Waals surface area contributed by atoms with Crippen molar-refractivity contribution in [2.75, 3.05) is 0 Å². The summed E-state index contributed by atoms with van der Waals surface area (Å²) >= 11 is 0. The van der Waals surface area contributed by atoms with Gasteiger partial charge in [-0.05, 0) is 60.9 Å². The van der Waals surface area contributed by atoms with Crippen LogP contribution in [0.2, 0.25) is 0 Å². The van der Waals surface area contributed by atoms with Crippen LogP contribution in [0, 0.1) is 13.8 Å². The van der Waals surface area contributed by atoms with E-state index in [0.717, 1.165) is 73.0 Å². The second-order valence-electron chi connectivity index (χ2n) is 12.2. The van der Waals surface area contributed by atoms with Crippen LogP contribution in [-0.2, 0) is 6.18 Å². The van der Waals surface area contributed by atoms with Crippen molar-refractivity contribution < 1.29 is 13.2 Å². The molecule has 8 rings (SSSR count). The molecule has 0 bridgehead atoms. The molecule has 4 nitrogen and oxygen atoms in total. The Balaban J connectivity index is 1.42. The van der Waals surface area contributed by atoms with Crippen LogP contribution in [0.3, 0.4) is 0 Å². The summed E-state index contributed by atoms with van der Waals surface area (Å²) in [6.45, 7) is 4.11. The number of alkyl halides is 3. The highest BCUT2D eigenvalue weighted by atomic mass is 19.4. The zero-order chi connectivity index (χ0) is 33.7. The van der Waals surface area contributed by atoms with Crippen molar-refractivity contribution >= 4 is 21.8 Å². The standard InChI is InChI=1S/C42H29F3N4/c1-26-13-20-34-35-21-14-27(2)24-37(35)49(36(34)23-26)38-25-31(17-22-33(38)28-15-18-32(19-16-28)42(43,44)45)41-47-39(29-9-5-3-6-10-29)46-40(48-41)30-11-7-4-8-12-30/h3-25H,1-2H3. The Kier molecular flexibility index (Phi) is 7.33. The quantitative estimate of drug-likeness (QED) is 0.187. The molecule has 238 valence electrons. The maximum absolute atomic E-state index is 13.6. The molecule has 7 heteroatoms. The predicted octanol–water partition coefficient (Wildman–Crippen LogP) is 11.3. The number of benzene rings is 6. The minimum Gasteiger partial charge on any atom is -0.309 e. The molecule has 2 heterocycles. The smallest absolute Gasteiger partial charge is 0.309 e. The van der Waals surface area contributed by atoms with E-state index < -0.39 is 11.7 Å². The molecular formula is C42H29F3N4. The Morgan fingerprint density at radius 3 is 1.43 bits per heavy atom. The van der Waals surface area contributed by atoms with E-state index in [-0.39, 0.29) is 0 Å². The minimum atomic E-state index is -4.43. The fourth-order valence-electron chi connectivity index (χ4n) is 6.37. The van der Waals surface area contributed by atoms with Crippen LogP contribution in [-0.4, -0.2) is 19.5 Å². The van der Waals surface area contributed by atoms with E-state index in [9.17, 15) is 13.2 Å². The first kappa shape index (κ1) is 30.3. The van der Waals surface area contributed by atoms with Gasteiger partial charge in [-0.3, -0.25) is 0 Å². The lowest BCUT2D eigenvalue weighted by Gasteiger charge is -2.17. The van der Waals surface area contributed by atoms with Crippen molar-refractivity contribution in [3.8, 4) is 51.0 Å². The predicted molar refractivity (Wildman–Crippen MR) is 190 cm³/mol. The van der Waals surface area contributed by atoms with Crippen molar-refractivity contribution in [2.45, 2.75) is 20.0 Å². The van der Waals surface area contributed by atoms with Gasteiger partial charge in [0.2, 0.25) is 0 Å². The number of aromatic nitrogens is 4. The summed E-state index contributed by atoms with van der Waals surface area (Å²) in [5, 5.41) is 2.17. The molecule has 0 N–H and O–H groups in total. The fraction of sp³-hybridized carbons (Fsp3) is 0.0714. The van der Waals surface area contributed by atoms with Gasteiger partial charge in [-0.15, -0.1) is 0 Å². The molecule has 0 aliphatic heterocycles. The molecule has 0 saturated carbocycles. The first-order chi connectivity index (χ1) is 23.7. The Labute approximate surface area is 281 Å². The third kappa shape index (κ3) is 5.63. The van der Waals surface area contributed by atoms with E-state index in [4.69, 9.17) is 15.0 Å². The monoisotopic (exact) mass is 646 g/mol. The zero-order valence-corrected chi connectivity index (χ0v) is 26.7. The molecule has 0 spiro atoms. The number of hydrogen-bond donors (Lipinski definition) is 0. The van der Waals surface area contributed by atoms with Gasteiger partial charge in [0.15, 0.2) is 17.5 Å². The molecule has 0 atom stereocenters. The zero-order valence-electron chi connectivity index (χ0n) is 26.7. The first-order valence-corrected chi connectivity index (χ1v) is 15.9. The number of rotatable bonds is 5. The van der Waals surface area contributed by atoms with Gasteiger partial charge in [0.25, 0.3) is 0 Å². The number of halogens is 3. The lowest BCUT2D eigenvalue weighted by atomic mass is 9.99. The largest absolute Gasteiger partial charge is 0.416 e.